The summed E-state index contributed by atoms with van der Waals surface area (Å²) in [5, 5.41) is 28.0. The molecule has 0 saturated carbocycles. The van der Waals surface area contributed by atoms with E-state index in [2.05, 4.69) is 16.0 Å². The lowest BCUT2D eigenvalue weighted by atomic mass is 9.88. The Bertz CT molecular complexity index is 958. The lowest BCUT2D eigenvalue weighted by Gasteiger charge is -2.38. The summed E-state index contributed by atoms with van der Waals surface area (Å²) in [6.07, 6.45) is 1.55. The van der Waals surface area contributed by atoms with E-state index >= 15 is 0 Å². The Morgan fingerprint density at radius 3 is 2.36 bits per heavy atom. The van der Waals surface area contributed by atoms with E-state index in [0.717, 1.165) is 0 Å². The van der Waals surface area contributed by atoms with E-state index in [9.17, 15) is 29.4 Å². The van der Waals surface area contributed by atoms with Gasteiger partial charge in [0.2, 0.25) is 18.2 Å². The standard InChI is InChI=1S/C28H44N4O7/c1-6-18(2)24(26(36)30-21(27(37)38)11-12-28(3,4)5)31-25(35)22(15-19-7-9-20(34)10-8-19)32(17-33)23-16-39-14-13-29-23/h7-10,17-18,21-24,29,34H,6,11-16H2,1-5H3,(H,30,36)(H,31,35)(H,37,38)/t18-,21-,22-,23+,24-/m0/s1. The number of carbonyl (C=O) groups is 4. The van der Waals surface area contributed by atoms with Gasteiger partial charge in [-0.3, -0.25) is 19.7 Å². The minimum Gasteiger partial charge on any atom is -0.508 e. The van der Waals surface area contributed by atoms with Crippen molar-refractivity contribution in [3.8, 4) is 5.75 Å². The fourth-order valence-corrected chi connectivity index (χ4v) is 4.34. The molecular weight excluding hydrogens is 504 g/mol. The zero-order chi connectivity index (χ0) is 29.2. The normalized spacial score (nSPS) is 18.7. The highest BCUT2D eigenvalue weighted by molar-refractivity contribution is 5.92. The topological polar surface area (TPSA) is 157 Å². The Morgan fingerprint density at radius 2 is 1.85 bits per heavy atom. The third-order valence-electron chi connectivity index (χ3n) is 7.00. The molecule has 0 bridgehead atoms. The number of rotatable bonds is 14. The molecule has 11 nitrogen and oxygen atoms in total. The van der Waals surface area contributed by atoms with Gasteiger partial charge in [0.05, 0.1) is 13.2 Å². The first-order valence-corrected chi connectivity index (χ1v) is 13.5. The van der Waals surface area contributed by atoms with Crippen LogP contribution in [0, 0.1) is 11.3 Å². The monoisotopic (exact) mass is 548 g/mol. The summed E-state index contributed by atoms with van der Waals surface area (Å²) in [6.45, 7) is 10.8. The number of hydrogen-bond donors (Lipinski definition) is 5. The molecule has 1 aromatic rings. The molecule has 1 aliphatic heterocycles. The van der Waals surface area contributed by atoms with Crippen molar-refractivity contribution >= 4 is 24.2 Å². The van der Waals surface area contributed by atoms with E-state index in [1.807, 2.05) is 27.7 Å². The van der Waals surface area contributed by atoms with Crippen LogP contribution < -0.4 is 16.0 Å². The number of aliphatic carboxylic acids is 1. The van der Waals surface area contributed by atoms with Crippen LogP contribution in [0.25, 0.3) is 0 Å². The Kier molecular flexibility index (Phi) is 12.2. The van der Waals surface area contributed by atoms with Gasteiger partial charge in [-0.2, -0.15) is 0 Å². The minimum absolute atomic E-state index is 0.0716. The minimum atomic E-state index is -1.14. The molecule has 218 valence electrons. The van der Waals surface area contributed by atoms with E-state index in [-0.39, 0.29) is 36.5 Å². The van der Waals surface area contributed by atoms with E-state index in [1.165, 1.54) is 17.0 Å². The number of carbonyl (C=O) groups excluding carboxylic acids is 3. The third-order valence-corrected chi connectivity index (χ3v) is 7.00. The molecule has 2 rings (SSSR count). The van der Waals surface area contributed by atoms with Crippen LogP contribution in [-0.2, 0) is 30.3 Å². The van der Waals surface area contributed by atoms with Crippen molar-refractivity contribution in [2.75, 3.05) is 19.8 Å². The van der Waals surface area contributed by atoms with Crippen LogP contribution >= 0.6 is 0 Å². The molecule has 1 aliphatic rings. The Balaban J connectivity index is 2.30. The van der Waals surface area contributed by atoms with Gasteiger partial charge in [0.15, 0.2) is 0 Å². The van der Waals surface area contributed by atoms with Gasteiger partial charge >= 0.3 is 5.97 Å². The number of phenolic OH excluding ortho intramolecular Hbond substituents is 1. The summed E-state index contributed by atoms with van der Waals surface area (Å²) in [6, 6.07) is 3.21. The predicted molar refractivity (Wildman–Crippen MR) is 146 cm³/mol. The predicted octanol–water partition coefficient (Wildman–Crippen LogP) is 1.63. The molecule has 1 heterocycles. The SMILES string of the molecule is CC[C@H](C)[C@H](NC(=O)[C@H](Cc1ccc(O)cc1)N(C=O)[C@@H]1COCCN1)C(=O)N[C@@H](CCC(C)(C)C)C(=O)O. The van der Waals surface area contributed by atoms with Crippen molar-refractivity contribution in [2.24, 2.45) is 11.3 Å². The van der Waals surface area contributed by atoms with Crippen molar-refractivity contribution in [1.29, 1.82) is 0 Å². The quantitative estimate of drug-likeness (QED) is 0.220. The Labute approximate surface area is 230 Å². The molecule has 0 aromatic heterocycles. The molecule has 1 fully saturated rings. The average Bonchev–Trinajstić information content (AvgIpc) is 2.89. The van der Waals surface area contributed by atoms with Gasteiger partial charge < -0.3 is 30.5 Å². The zero-order valence-electron chi connectivity index (χ0n) is 23.6. The summed E-state index contributed by atoms with van der Waals surface area (Å²) < 4.78 is 5.50. The number of ether oxygens (including phenoxy) is 1. The number of nitrogens with one attached hydrogen (secondary N) is 3. The van der Waals surface area contributed by atoms with Gasteiger partial charge in [-0.1, -0.05) is 53.2 Å². The molecule has 1 aromatic carbocycles. The summed E-state index contributed by atoms with van der Waals surface area (Å²) >= 11 is 0. The van der Waals surface area contributed by atoms with Gasteiger partial charge in [0.1, 0.15) is 30.0 Å². The van der Waals surface area contributed by atoms with Gasteiger partial charge in [0.25, 0.3) is 0 Å². The van der Waals surface area contributed by atoms with Gasteiger partial charge in [-0.15, -0.1) is 0 Å². The largest absolute Gasteiger partial charge is 0.508 e. The lowest BCUT2D eigenvalue weighted by Crippen LogP contribution is -2.62. The van der Waals surface area contributed by atoms with Crippen molar-refractivity contribution in [3.05, 3.63) is 29.8 Å². The number of amides is 3. The highest BCUT2D eigenvalue weighted by Crippen LogP contribution is 2.22. The second-order valence-corrected chi connectivity index (χ2v) is 11.4. The first-order valence-electron chi connectivity index (χ1n) is 13.5. The molecular formula is C28H44N4O7. The highest BCUT2D eigenvalue weighted by atomic mass is 16.5. The van der Waals surface area contributed by atoms with E-state index in [1.54, 1.807) is 19.1 Å². The van der Waals surface area contributed by atoms with Crippen LogP contribution in [-0.4, -0.2) is 83.4 Å². The smallest absolute Gasteiger partial charge is 0.326 e. The Morgan fingerprint density at radius 1 is 1.18 bits per heavy atom. The summed E-state index contributed by atoms with van der Waals surface area (Å²) in [4.78, 5) is 52.6. The number of carboxylic acid groups (broad SMARTS) is 1. The lowest BCUT2D eigenvalue weighted by molar-refractivity contribution is -0.144. The van der Waals surface area contributed by atoms with Crippen LogP contribution in [0.15, 0.2) is 24.3 Å². The van der Waals surface area contributed by atoms with Crippen molar-refractivity contribution in [3.63, 3.8) is 0 Å². The second kappa shape index (κ2) is 14.8. The highest BCUT2D eigenvalue weighted by Gasteiger charge is 2.36. The van der Waals surface area contributed by atoms with Gasteiger partial charge in [0, 0.05) is 13.0 Å². The Hall–Kier alpha value is -3.18. The molecule has 11 heteroatoms. The molecule has 39 heavy (non-hydrogen) atoms. The maximum atomic E-state index is 13.7. The fourth-order valence-electron chi connectivity index (χ4n) is 4.34. The number of carboxylic acids is 1. The van der Waals surface area contributed by atoms with Gasteiger partial charge in [-0.05, 0) is 41.9 Å². The van der Waals surface area contributed by atoms with Crippen LogP contribution in [0.2, 0.25) is 0 Å². The molecule has 3 amide bonds. The maximum Gasteiger partial charge on any atom is 0.326 e. The first kappa shape index (κ1) is 32.0. The molecule has 1 saturated heterocycles. The maximum absolute atomic E-state index is 13.7. The van der Waals surface area contributed by atoms with Crippen molar-refractivity contribution in [1.82, 2.24) is 20.9 Å². The zero-order valence-corrected chi connectivity index (χ0v) is 23.6. The number of nitrogens with zero attached hydrogens (tertiary/aromatic N) is 1. The van der Waals surface area contributed by atoms with E-state index in [0.29, 0.717) is 38.0 Å². The van der Waals surface area contributed by atoms with E-state index < -0.39 is 42.1 Å². The molecule has 5 N–H and O–H groups in total. The van der Waals surface area contributed by atoms with Crippen LogP contribution in [0.1, 0.15) is 59.4 Å². The van der Waals surface area contributed by atoms with Gasteiger partial charge in [-0.25, -0.2) is 4.79 Å². The number of aromatic hydroxyl groups is 1. The summed E-state index contributed by atoms with van der Waals surface area (Å²) in [5.41, 5.74) is 0.591. The number of benzene rings is 1. The molecule has 0 aliphatic carbocycles. The third kappa shape index (κ3) is 10.1. The van der Waals surface area contributed by atoms with E-state index in [4.69, 9.17) is 4.74 Å². The number of morpholine rings is 1. The number of phenols is 1. The fraction of sp³-hybridized carbons (Fsp3) is 0.643. The van der Waals surface area contributed by atoms with Crippen molar-refractivity contribution < 1.29 is 34.1 Å². The summed E-state index contributed by atoms with van der Waals surface area (Å²) in [5.74, 6) is -2.50. The second-order valence-electron chi connectivity index (χ2n) is 11.4. The van der Waals surface area contributed by atoms with Crippen molar-refractivity contribution in [2.45, 2.75) is 84.6 Å². The van der Waals surface area contributed by atoms with Crippen LogP contribution in [0.3, 0.4) is 0 Å². The molecule has 0 radical (unpaired) electrons. The summed E-state index contributed by atoms with van der Waals surface area (Å²) in [7, 11) is 0. The average molecular weight is 549 g/mol. The number of hydrogen-bond acceptors (Lipinski definition) is 7. The first-order chi connectivity index (χ1) is 18.4. The van der Waals surface area contributed by atoms with Crippen LogP contribution in [0.4, 0.5) is 0 Å². The molecule has 0 spiro atoms. The van der Waals surface area contributed by atoms with Crippen LogP contribution in [0.5, 0.6) is 5.75 Å². The molecule has 0 unspecified atom stereocenters. The molecule has 5 atom stereocenters.